The highest BCUT2D eigenvalue weighted by Gasteiger charge is 2.46. The number of rotatable bonds is 1. The van der Waals surface area contributed by atoms with Gasteiger partial charge in [0, 0.05) is 18.3 Å². The maximum atomic E-state index is 12.2. The smallest absolute Gasteiger partial charge is 0.272 e. The first kappa shape index (κ1) is 9.82. The zero-order valence-corrected chi connectivity index (χ0v) is 9.47. The van der Waals surface area contributed by atoms with E-state index in [9.17, 15) is 4.79 Å². The Bertz CT molecular complexity index is 392. The van der Waals surface area contributed by atoms with Crippen LogP contribution >= 0.6 is 0 Å². The molecule has 4 rings (SSSR count). The summed E-state index contributed by atoms with van der Waals surface area (Å²) in [7, 11) is 0. The Morgan fingerprint density at radius 1 is 1.31 bits per heavy atom. The van der Waals surface area contributed by atoms with Crippen molar-refractivity contribution >= 4 is 5.91 Å². The van der Waals surface area contributed by atoms with Crippen LogP contribution in [-0.4, -0.2) is 27.9 Å². The first-order chi connectivity index (χ1) is 7.75. The van der Waals surface area contributed by atoms with Crippen molar-refractivity contribution in [2.45, 2.75) is 38.3 Å². The fraction of sp³-hybridized carbons (Fsp3) is 0.538. The molecule has 3 heteroatoms. The van der Waals surface area contributed by atoms with Gasteiger partial charge in [0.05, 0.1) is 0 Å². The quantitative estimate of drug-likeness (QED) is 0.720. The fourth-order valence-corrected chi connectivity index (χ4v) is 3.10. The minimum Gasteiger partial charge on any atom is -0.331 e. The Morgan fingerprint density at radius 3 is 2.69 bits per heavy atom. The minimum atomic E-state index is 0.119. The van der Waals surface area contributed by atoms with Crippen molar-refractivity contribution in [1.82, 2.24) is 9.88 Å². The molecule has 3 nitrogen and oxygen atoms in total. The third-order valence-corrected chi connectivity index (χ3v) is 3.80. The van der Waals surface area contributed by atoms with Crippen molar-refractivity contribution in [2.75, 3.05) is 0 Å². The third-order valence-electron chi connectivity index (χ3n) is 3.80. The van der Waals surface area contributed by atoms with Gasteiger partial charge in [0.25, 0.3) is 5.91 Å². The van der Waals surface area contributed by atoms with Crippen LogP contribution in [0.25, 0.3) is 0 Å². The van der Waals surface area contributed by atoms with E-state index < -0.39 is 0 Å². The molecule has 2 atom stereocenters. The van der Waals surface area contributed by atoms with Crippen LogP contribution in [0.5, 0.6) is 0 Å². The van der Waals surface area contributed by atoms with Crippen LogP contribution in [0.4, 0.5) is 0 Å². The highest BCUT2D eigenvalue weighted by molar-refractivity contribution is 5.93. The highest BCUT2D eigenvalue weighted by atomic mass is 16.2. The second kappa shape index (κ2) is 3.58. The molecule has 1 saturated carbocycles. The van der Waals surface area contributed by atoms with Crippen molar-refractivity contribution in [2.24, 2.45) is 5.92 Å². The lowest BCUT2D eigenvalue weighted by molar-refractivity contribution is -0.0284. The van der Waals surface area contributed by atoms with Crippen LogP contribution < -0.4 is 0 Å². The van der Waals surface area contributed by atoms with Crippen molar-refractivity contribution in [1.29, 1.82) is 0 Å². The van der Waals surface area contributed by atoms with E-state index in [1.165, 1.54) is 6.42 Å². The summed E-state index contributed by atoms with van der Waals surface area (Å²) in [5.74, 6) is 0.894. The average molecular weight is 216 g/mol. The third kappa shape index (κ3) is 1.42. The minimum absolute atomic E-state index is 0.119. The molecule has 1 aromatic rings. The van der Waals surface area contributed by atoms with E-state index in [2.05, 4.69) is 11.9 Å². The molecule has 2 unspecified atom stereocenters. The summed E-state index contributed by atoms with van der Waals surface area (Å²) in [5, 5.41) is 0. The molecular weight excluding hydrogens is 200 g/mol. The van der Waals surface area contributed by atoms with Gasteiger partial charge in [-0.1, -0.05) is 13.0 Å². The molecular formula is C13H16N2O. The van der Waals surface area contributed by atoms with Crippen LogP contribution in [0.1, 0.15) is 36.7 Å². The number of aromatic nitrogens is 1. The van der Waals surface area contributed by atoms with Crippen LogP contribution in [0.15, 0.2) is 24.4 Å². The largest absolute Gasteiger partial charge is 0.331 e. The van der Waals surface area contributed by atoms with Crippen LogP contribution in [0.2, 0.25) is 0 Å². The standard InChI is InChI=1S/C13H16N2O/c1-9-6-10-8-11(7-9)15(10)13(16)12-4-2-3-5-14-12/h2-5,9-11H,6-8H2,1H3. The second-order valence-corrected chi connectivity index (χ2v) is 5.05. The molecule has 0 aromatic carbocycles. The van der Waals surface area contributed by atoms with Gasteiger partial charge in [-0.3, -0.25) is 9.78 Å². The number of carbonyl (C=O) groups excluding carboxylic acids is 1. The molecule has 2 aliphatic heterocycles. The van der Waals surface area contributed by atoms with Gasteiger partial charge in [0.2, 0.25) is 0 Å². The zero-order valence-electron chi connectivity index (χ0n) is 9.47. The number of amides is 1. The summed E-state index contributed by atoms with van der Waals surface area (Å²) in [6.45, 7) is 2.28. The molecule has 16 heavy (non-hydrogen) atoms. The van der Waals surface area contributed by atoms with E-state index in [0.717, 1.165) is 18.8 Å². The summed E-state index contributed by atoms with van der Waals surface area (Å²) < 4.78 is 0. The van der Waals surface area contributed by atoms with E-state index in [-0.39, 0.29) is 5.91 Å². The number of pyridine rings is 1. The van der Waals surface area contributed by atoms with Crippen molar-refractivity contribution < 1.29 is 4.79 Å². The van der Waals surface area contributed by atoms with Crippen molar-refractivity contribution in [3.8, 4) is 0 Å². The maximum absolute atomic E-state index is 12.2. The second-order valence-electron chi connectivity index (χ2n) is 5.05. The van der Waals surface area contributed by atoms with Crippen LogP contribution in [-0.2, 0) is 0 Å². The van der Waals surface area contributed by atoms with E-state index in [1.807, 2.05) is 17.0 Å². The van der Waals surface area contributed by atoms with Crippen molar-refractivity contribution in [3.05, 3.63) is 30.1 Å². The monoisotopic (exact) mass is 216 g/mol. The number of hydrogen-bond donors (Lipinski definition) is 0. The topological polar surface area (TPSA) is 33.2 Å². The number of hydrogen-bond acceptors (Lipinski definition) is 2. The highest BCUT2D eigenvalue weighted by Crippen LogP contribution is 2.41. The first-order valence-corrected chi connectivity index (χ1v) is 5.99. The van der Waals surface area contributed by atoms with Gasteiger partial charge in [0.1, 0.15) is 5.69 Å². The van der Waals surface area contributed by atoms with E-state index in [1.54, 1.807) is 12.3 Å². The summed E-state index contributed by atoms with van der Waals surface area (Å²) in [4.78, 5) is 18.4. The van der Waals surface area contributed by atoms with Crippen molar-refractivity contribution in [3.63, 3.8) is 0 Å². The van der Waals surface area contributed by atoms with Gasteiger partial charge >= 0.3 is 0 Å². The summed E-state index contributed by atoms with van der Waals surface area (Å²) in [5.41, 5.74) is 0.590. The lowest BCUT2D eigenvalue weighted by atomic mass is 9.74. The molecule has 0 radical (unpaired) electrons. The molecule has 2 saturated heterocycles. The van der Waals surface area contributed by atoms with Gasteiger partial charge in [0.15, 0.2) is 0 Å². The van der Waals surface area contributed by atoms with Crippen LogP contribution in [0, 0.1) is 5.92 Å². The van der Waals surface area contributed by atoms with E-state index in [4.69, 9.17) is 0 Å². The number of nitrogens with zero attached hydrogens (tertiary/aromatic N) is 2. The molecule has 0 N–H and O–H groups in total. The Morgan fingerprint density at radius 2 is 2.06 bits per heavy atom. The van der Waals surface area contributed by atoms with Gasteiger partial charge in [-0.25, -0.2) is 0 Å². The van der Waals surface area contributed by atoms with Gasteiger partial charge < -0.3 is 4.90 Å². The Balaban J connectivity index is 1.78. The molecule has 84 valence electrons. The SMILES string of the molecule is CC1CC2CC(C1)N2C(=O)c1ccccn1. The van der Waals surface area contributed by atoms with E-state index >= 15 is 0 Å². The van der Waals surface area contributed by atoms with Gasteiger partial charge in [-0.15, -0.1) is 0 Å². The number of carbonyl (C=O) groups is 1. The molecule has 3 aliphatic rings. The Labute approximate surface area is 95.5 Å². The first-order valence-electron chi connectivity index (χ1n) is 5.99. The van der Waals surface area contributed by atoms with Gasteiger partial charge in [-0.2, -0.15) is 0 Å². The predicted molar refractivity (Wildman–Crippen MR) is 61.0 cm³/mol. The lowest BCUT2D eigenvalue weighted by Crippen LogP contribution is -2.62. The zero-order chi connectivity index (χ0) is 11.1. The summed E-state index contributed by atoms with van der Waals surface area (Å²) in [6, 6.07) is 6.47. The molecule has 1 aliphatic carbocycles. The normalized spacial score (nSPS) is 32.1. The fourth-order valence-electron chi connectivity index (χ4n) is 3.10. The van der Waals surface area contributed by atoms with Gasteiger partial charge in [-0.05, 0) is 37.3 Å². The molecule has 2 bridgehead atoms. The average Bonchev–Trinajstić information content (AvgIpc) is 2.29. The molecule has 1 amide bonds. The summed E-state index contributed by atoms with van der Waals surface area (Å²) >= 11 is 0. The molecule has 1 aromatic heterocycles. The predicted octanol–water partition coefficient (Wildman–Crippen LogP) is 2.09. The number of fused-ring (bicyclic) bond motifs is 2. The maximum Gasteiger partial charge on any atom is 0.272 e. The number of piperidine rings is 1. The Hall–Kier alpha value is -1.38. The van der Waals surface area contributed by atoms with E-state index in [0.29, 0.717) is 17.8 Å². The molecule has 3 heterocycles. The Kier molecular flexibility index (Phi) is 2.20. The molecule has 3 fully saturated rings. The lowest BCUT2D eigenvalue weighted by Gasteiger charge is -2.54. The summed E-state index contributed by atoms with van der Waals surface area (Å²) in [6.07, 6.45) is 5.21. The molecule has 0 spiro atoms. The van der Waals surface area contributed by atoms with Crippen LogP contribution in [0.3, 0.4) is 0 Å².